The van der Waals surface area contributed by atoms with E-state index in [2.05, 4.69) is 52.7 Å². The number of thioether (sulfide) groups is 1. The van der Waals surface area contributed by atoms with Gasteiger partial charge in [-0.3, -0.25) is 14.9 Å². The largest absolute Gasteiger partial charge is 0.325 e. The van der Waals surface area contributed by atoms with Crippen LogP contribution in [0.15, 0.2) is 61.8 Å². The lowest BCUT2D eigenvalue weighted by molar-refractivity contribution is -0.113. The van der Waals surface area contributed by atoms with Gasteiger partial charge in [-0.25, -0.2) is 0 Å². The van der Waals surface area contributed by atoms with Gasteiger partial charge >= 0.3 is 0 Å². The number of rotatable bonds is 6. The second-order valence-electron chi connectivity index (χ2n) is 5.15. The van der Waals surface area contributed by atoms with Gasteiger partial charge in [0, 0.05) is 14.6 Å². The van der Waals surface area contributed by atoms with Crippen molar-refractivity contribution < 1.29 is 9.59 Å². The number of hydrogen-bond donors (Lipinski definition) is 2. The molecule has 2 aromatic carbocycles. The van der Waals surface area contributed by atoms with Gasteiger partial charge in [0.2, 0.25) is 11.0 Å². The van der Waals surface area contributed by atoms with Crippen LogP contribution in [0.4, 0.5) is 10.8 Å². The molecule has 0 saturated carbocycles. The minimum atomic E-state index is -0.275. The Kier molecular flexibility index (Phi) is 7.00. The quantitative estimate of drug-likeness (QED) is 0.346. The van der Waals surface area contributed by atoms with Crippen LogP contribution in [0.25, 0.3) is 0 Å². The topological polar surface area (TPSA) is 84.0 Å². The number of hydrogen-bond acceptors (Lipinski definition) is 6. The van der Waals surface area contributed by atoms with Crippen LogP contribution in [-0.4, -0.2) is 27.8 Å². The van der Waals surface area contributed by atoms with Gasteiger partial charge in [0.15, 0.2) is 4.34 Å². The molecule has 2 N–H and O–H groups in total. The Morgan fingerprint density at radius 1 is 1.00 bits per heavy atom. The molecule has 0 spiro atoms. The average molecular weight is 528 g/mol. The first-order valence-corrected chi connectivity index (χ1v) is 11.0. The maximum absolute atomic E-state index is 12.3. The van der Waals surface area contributed by atoms with Crippen LogP contribution < -0.4 is 10.6 Å². The van der Waals surface area contributed by atoms with E-state index >= 15 is 0 Å². The van der Waals surface area contributed by atoms with Crippen molar-refractivity contribution in [3.8, 4) is 0 Å². The van der Waals surface area contributed by atoms with Crippen LogP contribution >= 0.6 is 55.0 Å². The lowest BCUT2D eigenvalue weighted by atomic mass is 10.2. The zero-order chi connectivity index (χ0) is 19.2. The highest BCUT2D eigenvalue weighted by atomic mass is 79.9. The lowest BCUT2D eigenvalue weighted by Gasteiger charge is -2.04. The average Bonchev–Trinajstić information content (AvgIpc) is 3.09. The smallest absolute Gasteiger partial charge is 0.258 e. The Balaban J connectivity index is 1.52. The third-order valence-corrected chi connectivity index (χ3v) is 6.39. The summed E-state index contributed by atoms with van der Waals surface area (Å²) in [4.78, 5) is 24.3. The maximum atomic E-state index is 12.3. The van der Waals surface area contributed by atoms with E-state index in [-0.39, 0.29) is 17.6 Å². The van der Waals surface area contributed by atoms with Crippen LogP contribution in [0.1, 0.15) is 10.4 Å². The van der Waals surface area contributed by atoms with Crippen molar-refractivity contribution in [3.63, 3.8) is 0 Å². The van der Waals surface area contributed by atoms with Crippen LogP contribution in [0.2, 0.25) is 0 Å². The summed E-state index contributed by atoms with van der Waals surface area (Å²) in [6, 6.07) is 14.5. The van der Waals surface area contributed by atoms with Gasteiger partial charge in [-0.05, 0) is 52.3 Å². The summed E-state index contributed by atoms with van der Waals surface area (Å²) in [5.74, 6) is -0.220. The summed E-state index contributed by atoms with van der Waals surface area (Å²) >= 11 is 9.17. The highest BCUT2D eigenvalue weighted by molar-refractivity contribution is 9.10. The summed E-state index contributed by atoms with van der Waals surface area (Å²) in [6.07, 6.45) is 0. The number of aromatic nitrogens is 2. The molecule has 0 unspecified atom stereocenters. The Bertz CT molecular complexity index is 964. The Morgan fingerprint density at radius 2 is 1.74 bits per heavy atom. The number of nitrogens with zero attached hydrogens (tertiary/aromatic N) is 2. The Labute approximate surface area is 180 Å². The fraction of sp³-hybridized carbons (Fsp3) is 0.0588. The fourth-order valence-electron chi connectivity index (χ4n) is 1.99. The van der Waals surface area contributed by atoms with Gasteiger partial charge in [-0.1, -0.05) is 51.2 Å². The van der Waals surface area contributed by atoms with Crippen molar-refractivity contribution in [1.29, 1.82) is 0 Å². The number of benzene rings is 2. The molecule has 3 aromatic rings. The first kappa shape index (κ1) is 20.0. The molecular formula is C17H12Br2N4O2S2. The molecule has 138 valence electrons. The van der Waals surface area contributed by atoms with E-state index in [9.17, 15) is 9.59 Å². The molecule has 0 aliphatic rings. The van der Waals surface area contributed by atoms with Crippen molar-refractivity contribution >= 4 is 77.6 Å². The van der Waals surface area contributed by atoms with Gasteiger partial charge < -0.3 is 5.32 Å². The summed E-state index contributed by atoms with van der Waals surface area (Å²) in [5.41, 5.74) is 1.23. The molecule has 3 rings (SSSR count). The molecule has 2 amide bonds. The van der Waals surface area contributed by atoms with Crippen molar-refractivity contribution in [2.45, 2.75) is 4.34 Å². The minimum absolute atomic E-state index is 0.142. The molecule has 0 atom stereocenters. The summed E-state index contributed by atoms with van der Waals surface area (Å²) < 4.78 is 2.25. The molecule has 0 fully saturated rings. The van der Waals surface area contributed by atoms with E-state index in [1.807, 2.05) is 30.3 Å². The second-order valence-corrected chi connectivity index (χ2v) is 9.12. The molecule has 0 aliphatic heterocycles. The Morgan fingerprint density at radius 3 is 2.48 bits per heavy atom. The molecule has 27 heavy (non-hydrogen) atoms. The molecule has 6 nitrogen and oxygen atoms in total. The predicted molar refractivity (Wildman–Crippen MR) is 115 cm³/mol. The molecule has 0 saturated heterocycles. The number of carbonyl (C=O) groups is 2. The maximum Gasteiger partial charge on any atom is 0.258 e. The van der Waals surface area contributed by atoms with Crippen LogP contribution in [-0.2, 0) is 4.79 Å². The monoisotopic (exact) mass is 526 g/mol. The SMILES string of the molecule is O=C(CSc1nnc(NC(=O)c2ccccc2Br)s1)Nc1ccc(Br)cc1. The van der Waals surface area contributed by atoms with Gasteiger partial charge in [-0.2, -0.15) is 0 Å². The summed E-state index contributed by atoms with van der Waals surface area (Å²) in [5, 5.41) is 13.8. The minimum Gasteiger partial charge on any atom is -0.325 e. The number of nitrogens with one attached hydrogen (secondary N) is 2. The van der Waals surface area contributed by atoms with Crippen LogP contribution in [0.5, 0.6) is 0 Å². The molecule has 1 heterocycles. The first-order chi connectivity index (χ1) is 13.0. The number of halogens is 2. The Hall–Kier alpha value is -1.75. The van der Waals surface area contributed by atoms with Crippen molar-refractivity contribution in [2.24, 2.45) is 0 Å². The zero-order valence-electron chi connectivity index (χ0n) is 13.6. The third-order valence-electron chi connectivity index (χ3n) is 3.20. The van der Waals surface area contributed by atoms with E-state index in [1.54, 1.807) is 18.2 Å². The van der Waals surface area contributed by atoms with E-state index in [4.69, 9.17) is 0 Å². The van der Waals surface area contributed by atoms with E-state index < -0.39 is 0 Å². The third kappa shape index (κ3) is 5.86. The lowest BCUT2D eigenvalue weighted by Crippen LogP contribution is -2.13. The first-order valence-electron chi connectivity index (χ1n) is 7.59. The predicted octanol–water partition coefficient (Wildman–Crippen LogP) is 5.05. The summed E-state index contributed by atoms with van der Waals surface area (Å²) in [6.45, 7) is 0. The van der Waals surface area contributed by atoms with Crippen molar-refractivity contribution in [1.82, 2.24) is 10.2 Å². The van der Waals surface area contributed by atoms with Gasteiger partial charge in [0.25, 0.3) is 5.91 Å². The standard InChI is InChI=1S/C17H12Br2N4O2S2/c18-10-5-7-11(8-6-10)20-14(24)9-26-17-23-22-16(27-17)21-15(25)12-3-1-2-4-13(12)19/h1-8H,9H2,(H,20,24)(H,21,22,25). The van der Waals surface area contributed by atoms with Gasteiger partial charge in [-0.15, -0.1) is 10.2 Å². The fourth-order valence-corrected chi connectivity index (χ4v) is 4.26. The van der Waals surface area contributed by atoms with E-state index in [0.29, 0.717) is 19.5 Å². The van der Waals surface area contributed by atoms with Crippen LogP contribution in [0, 0.1) is 0 Å². The molecule has 0 aliphatic carbocycles. The molecule has 0 radical (unpaired) electrons. The number of amides is 2. The van der Waals surface area contributed by atoms with Gasteiger partial charge in [0.05, 0.1) is 11.3 Å². The van der Waals surface area contributed by atoms with E-state index in [1.165, 1.54) is 23.1 Å². The zero-order valence-corrected chi connectivity index (χ0v) is 18.4. The van der Waals surface area contributed by atoms with Gasteiger partial charge in [0.1, 0.15) is 0 Å². The van der Waals surface area contributed by atoms with E-state index in [0.717, 1.165) is 10.2 Å². The molecular weight excluding hydrogens is 516 g/mol. The second kappa shape index (κ2) is 9.45. The summed E-state index contributed by atoms with van der Waals surface area (Å²) in [7, 11) is 0. The van der Waals surface area contributed by atoms with Crippen molar-refractivity contribution in [2.75, 3.05) is 16.4 Å². The molecule has 10 heteroatoms. The highest BCUT2D eigenvalue weighted by Gasteiger charge is 2.13. The van der Waals surface area contributed by atoms with Crippen molar-refractivity contribution in [3.05, 3.63) is 63.0 Å². The highest BCUT2D eigenvalue weighted by Crippen LogP contribution is 2.26. The van der Waals surface area contributed by atoms with Crippen LogP contribution in [0.3, 0.4) is 0 Å². The normalized spacial score (nSPS) is 10.4. The molecule has 1 aromatic heterocycles. The molecule has 0 bridgehead atoms. The number of anilines is 2. The number of carbonyl (C=O) groups excluding carboxylic acids is 2.